The fourth-order valence-electron chi connectivity index (χ4n) is 3.64. The van der Waals surface area contributed by atoms with E-state index in [9.17, 15) is 0 Å². The fourth-order valence-corrected chi connectivity index (χ4v) is 3.64. The second-order valence-corrected chi connectivity index (χ2v) is 6.43. The average molecular weight is 289 g/mol. The van der Waals surface area contributed by atoms with E-state index in [2.05, 4.69) is 50.4 Å². The molecule has 0 aromatic heterocycles. The maximum atomic E-state index is 5.88. The van der Waals surface area contributed by atoms with E-state index >= 15 is 0 Å². The number of benzene rings is 1. The molecule has 1 N–H and O–H groups in total. The summed E-state index contributed by atoms with van der Waals surface area (Å²) in [4.78, 5) is 0. The molecule has 0 heterocycles. The van der Waals surface area contributed by atoms with Crippen LogP contribution in [0.5, 0.6) is 5.75 Å². The van der Waals surface area contributed by atoms with E-state index in [1.165, 1.54) is 37.7 Å². The van der Waals surface area contributed by atoms with E-state index in [1.807, 2.05) is 0 Å². The average Bonchev–Trinajstić information content (AvgIpc) is 2.49. The predicted octanol–water partition coefficient (Wildman–Crippen LogP) is 4.95. The first-order valence-electron chi connectivity index (χ1n) is 8.71. The van der Waals surface area contributed by atoms with Gasteiger partial charge in [0, 0.05) is 11.6 Å². The minimum absolute atomic E-state index is 0.440. The van der Waals surface area contributed by atoms with Crippen LogP contribution in [0, 0.1) is 11.8 Å². The second-order valence-electron chi connectivity index (χ2n) is 6.43. The van der Waals surface area contributed by atoms with Crippen molar-refractivity contribution in [2.45, 2.75) is 58.9 Å². The molecule has 1 fully saturated rings. The van der Waals surface area contributed by atoms with Crippen molar-refractivity contribution in [2.75, 3.05) is 13.2 Å². The van der Waals surface area contributed by atoms with Crippen molar-refractivity contribution in [1.29, 1.82) is 0 Å². The second kappa shape index (κ2) is 8.43. The van der Waals surface area contributed by atoms with Crippen LogP contribution < -0.4 is 10.1 Å². The molecule has 0 saturated heterocycles. The van der Waals surface area contributed by atoms with Crippen LogP contribution in [0.15, 0.2) is 24.3 Å². The molecular formula is C19H31NO. The van der Waals surface area contributed by atoms with Gasteiger partial charge in [0.1, 0.15) is 5.75 Å². The van der Waals surface area contributed by atoms with E-state index in [0.717, 1.165) is 30.7 Å². The molecule has 1 aromatic rings. The van der Waals surface area contributed by atoms with Crippen molar-refractivity contribution in [1.82, 2.24) is 5.32 Å². The largest absolute Gasteiger partial charge is 0.494 e. The van der Waals surface area contributed by atoms with E-state index in [0.29, 0.717) is 6.04 Å². The Balaban J connectivity index is 2.22. The lowest BCUT2D eigenvalue weighted by molar-refractivity contribution is 0.219. The van der Waals surface area contributed by atoms with Crippen molar-refractivity contribution in [3.8, 4) is 5.75 Å². The maximum absolute atomic E-state index is 5.88. The van der Waals surface area contributed by atoms with Gasteiger partial charge in [-0.2, -0.15) is 0 Å². The van der Waals surface area contributed by atoms with Crippen LogP contribution in [-0.2, 0) is 0 Å². The van der Waals surface area contributed by atoms with Gasteiger partial charge in [-0.1, -0.05) is 44.9 Å². The molecule has 1 saturated carbocycles. The highest BCUT2D eigenvalue weighted by Gasteiger charge is 2.29. The van der Waals surface area contributed by atoms with Gasteiger partial charge >= 0.3 is 0 Å². The Morgan fingerprint density at radius 3 is 2.76 bits per heavy atom. The lowest BCUT2D eigenvalue weighted by atomic mass is 9.76. The normalized spacial score (nSPS) is 23.8. The standard InChI is InChI=1S/C19H31NO/c1-4-13-20-19(16-10-8-9-15(3)14-16)17-11-6-7-12-18(17)21-5-2/h6-7,11-12,15-16,19-20H,4-5,8-10,13-14H2,1-3H3. The Labute approximate surface area is 130 Å². The summed E-state index contributed by atoms with van der Waals surface area (Å²) in [6, 6.07) is 9.03. The summed E-state index contributed by atoms with van der Waals surface area (Å²) in [5.74, 6) is 2.66. The first-order chi connectivity index (χ1) is 10.3. The molecule has 2 nitrogen and oxygen atoms in total. The molecule has 2 rings (SSSR count). The van der Waals surface area contributed by atoms with Gasteiger partial charge < -0.3 is 10.1 Å². The van der Waals surface area contributed by atoms with E-state index < -0.39 is 0 Å². The molecular weight excluding hydrogens is 258 g/mol. The third-order valence-corrected chi connectivity index (χ3v) is 4.62. The van der Waals surface area contributed by atoms with Gasteiger partial charge in [-0.15, -0.1) is 0 Å². The molecule has 0 aliphatic heterocycles. The van der Waals surface area contributed by atoms with E-state index in [-0.39, 0.29) is 0 Å². The molecule has 0 bridgehead atoms. The number of rotatable bonds is 7. The summed E-state index contributed by atoms with van der Waals surface area (Å²) in [5, 5.41) is 3.79. The number of ether oxygens (including phenoxy) is 1. The fraction of sp³-hybridized carbons (Fsp3) is 0.684. The van der Waals surface area contributed by atoms with Gasteiger partial charge in [0.15, 0.2) is 0 Å². The molecule has 0 amide bonds. The summed E-state index contributed by atoms with van der Waals surface area (Å²) in [5.41, 5.74) is 1.35. The Morgan fingerprint density at radius 1 is 1.24 bits per heavy atom. The monoisotopic (exact) mass is 289 g/mol. The minimum atomic E-state index is 0.440. The van der Waals surface area contributed by atoms with Crippen LogP contribution in [0.25, 0.3) is 0 Å². The van der Waals surface area contributed by atoms with Crippen LogP contribution >= 0.6 is 0 Å². The van der Waals surface area contributed by atoms with Crippen LogP contribution in [0.2, 0.25) is 0 Å². The van der Waals surface area contributed by atoms with Crippen molar-refractivity contribution >= 4 is 0 Å². The molecule has 1 aromatic carbocycles. The van der Waals surface area contributed by atoms with Gasteiger partial charge in [0.25, 0.3) is 0 Å². The highest BCUT2D eigenvalue weighted by Crippen LogP contribution is 2.39. The highest BCUT2D eigenvalue weighted by molar-refractivity contribution is 5.36. The van der Waals surface area contributed by atoms with Crippen LogP contribution in [0.3, 0.4) is 0 Å². The first-order valence-corrected chi connectivity index (χ1v) is 8.71. The Bertz CT molecular complexity index is 418. The topological polar surface area (TPSA) is 21.3 Å². The zero-order valence-corrected chi connectivity index (χ0v) is 13.9. The summed E-state index contributed by atoms with van der Waals surface area (Å²) in [7, 11) is 0. The van der Waals surface area contributed by atoms with E-state index in [4.69, 9.17) is 4.74 Å². The van der Waals surface area contributed by atoms with Crippen molar-refractivity contribution < 1.29 is 4.74 Å². The van der Waals surface area contributed by atoms with Gasteiger partial charge in [-0.05, 0) is 50.6 Å². The number of hydrogen-bond donors (Lipinski definition) is 1. The SMILES string of the molecule is CCCNC(c1ccccc1OCC)C1CCCC(C)C1. The summed E-state index contributed by atoms with van der Waals surface area (Å²) in [6.45, 7) is 8.52. The van der Waals surface area contributed by atoms with Gasteiger partial charge in [0.05, 0.1) is 6.61 Å². The molecule has 0 spiro atoms. The minimum Gasteiger partial charge on any atom is -0.494 e. The van der Waals surface area contributed by atoms with E-state index in [1.54, 1.807) is 0 Å². The molecule has 1 aliphatic rings. The molecule has 1 aliphatic carbocycles. The van der Waals surface area contributed by atoms with Crippen molar-refractivity contribution in [3.05, 3.63) is 29.8 Å². The third kappa shape index (κ3) is 4.47. The summed E-state index contributed by atoms with van der Waals surface area (Å²) < 4.78 is 5.88. The zero-order valence-electron chi connectivity index (χ0n) is 13.9. The number of nitrogens with one attached hydrogen (secondary N) is 1. The molecule has 118 valence electrons. The van der Waals surface area contributed by atoms with Crippen molar-refractivity contribution in [3.63, 3.8) is 0 Å². The lowest BCUT2D eigenvalue weighted by Crippen LogP contribution is -2.32. The quantitative estimate of drug-likeness (QED) is 0.766. The van der Waals surface area contributed by atoms with Crippen molar-refractivity contribution in [2.24, 2.45) is 11.8 Å². The number of para-hydroxylation sites is 1. The van der Waals surface area contributed by atoms with Gasteiger partial charge in [-0.3, -0.25) is 0 Å². The molecule has 2 heteroatoms. The molecule has 3 atom stereocenters. The van der Waals surface area contributed by atoms with Crippen LogP contribution in [0.1, 0.15) is 64.5 Å². The lowest BCUT2D eigenvalue weighted by Gasteiger charge is -2.35. The van der Waals surface area contributed by atoms with Crippen LogP contribution in [0.4, 0.5) is 0 Å². The van der Waals surface area contributed by atoms with Crippen LogP contribution in [-0.4, -0.2) is 13.2 Å². The maximum Gasteiger partial charge on any atom is 0.124 e. The zero-order chi connectivity index (χ0) is 15.1. The smallest absolute Gasteiger partial charge is 0.124 e. The Hall–Kier alpha value is -1.02. The highest BCUT2D eigenvalue weighted by atomic mass is 16.5. The molecule has 21 heavy (non-hydrogen) atoms. The predicted molar refractivity (Wildman–Crippen MR) is 89.8 cm³/mol. The molecule has 3 unspecified atom stereocenters. The molecule has 0 radical (unpaired) electrons. The summed E-state index contributed by atoms with van der Waals surface area (Å²) in [6.07, 6.45) is 6.61. The van der Waals surface area contributed by atoms with Gasteiger partial charge in [0.2, 0.25) is 0 Å². The third-order valence-electron chi connectivity index (χ3n) is 4.62. The van der Waals surface area contributed by atoms with Gasteiger partial charge in [-0.25, -0.2) is 0 Å². The Kier molecular flexibility index (Phi) is 6.56. The number of hydrogen-bond acceptors (Lipinski definition) is 2. The first kappa shape index (κ1) is 16.4. The summed E-state index contributed by atoms with van der Waals surface area (Å²) >= 11 is 0. The Morgan fingerprint density at radius 2 is 2.05 bits per heavy atom.